The first-order chi connectivity index (χ1) is 9.54. The van der Waals surface area contributed by atoms with Crippen LogP contribution in [0.1, 0.15) is 43.0 Å². The molecule has 1 aliphatic rings. The van der Waals surface area contributed by atoms with E-state index < -0.39 is 4.92 Å². The van der Waals surface area contributed by atoms with Crippen molar-refractivity contribution in [1.82, 2.24) is 0 Å². The minimum atomic E-state index is -0.517. The van der Waals surface area contributed by atoms with Crippen LogP contribution in [-0.4, -0.2) is 24.3 Å². The molecule has 2 rings (SSSR count). The van der Waals surface area contributed by atoms with Gasteiger partial charge in [-0.2, -0.15) is 0 Å². The van der Waals surface area contributed by atoms with Crippen LogP contribution in [0.25, 0.3) is 0 Å². The molecule has 1 saturated carbocycles. The Morgan fingerprint density at radius 1 is 1.35 bits per heavy atom. The minimum absolute atomic E-state index is 0.131. The van der Waals surface area contributed by atoms with Crippen LogP contribution in [-0.2, 0) is 0 Å². The molecule has 0 aliphatic heterocycles. The van der Waals surface area contributed by atoms with Gasteiger partial charge in [0.15, 0.2) is 6.29 Å². The molecule has 0 amide bonds. The second-order valence-corrected chi connectivity index (χ2v) is 5.56. The average molecular weight is 276 g/mol. The van der Waals surface area contributed by atoms with E-state index in [2.05, 4.69) is 11.8 Å². The number of aldehydes is 1. The summed E-state index contributed by atoms with van der Waals surface area (Å²) in [5.74, 6) is 0.601. The van der Waals surface area contributed by atoms with E-state index in [0.717, 1.165) is 12.1 Å². The molecular weight excluding hydrogens is 256 g/mol. The van der Waals surface area contributed by atoms with Gasteiger partial charge in [-0.1, -0.05) is 19.8 Å². The van der Waals surface area contributed by atoms with E-state index >= 15 is 0 Å². The Balaban J connectivity index is 2.28. The Labute approximate surface area is 118 Å². The van der Waals surface area contributed by atoms with E-state index in [-0.39, 0.29) is 11.3 Å². The Kier molecular flexibility index (Phi) is 4.37. The van der Waals surface area contributed by atoms with Gasteiger partial charge >= 0.3 is 0 Å². The van der Waals surface area contributed by atoms with Crippen molar-refractivity contribution < 1.29 is 9.72 Å². The number of nitrogens with zero attached hydrogens (tertiary/aromatic N) is 2. The van der Waals surface area contributed by atoms with Gasteiger partial charge in [0.25, 0.3) is 5.69 Å². The van der Waals surface area contributed by atoms with Crippen LogP contribution in [0.15, 0.2) is 18.2 Å². The predicted octanol–water partition coefficient (Wildman–Crippen LogP) is 3.42. The summed E-state index contributed by atoms with van der Waals surface area (Å²) in [6, 6.07) is 5.20. The molecule has 1 aromatic rings. The lowest BCUT2D eigenvalue weighted by atomic mass is 9.85. The van der Waals surface area contributed by atoms with Crippen LogP contribution in [0.4, 0.5) is 11.4 Å². The van der Waals surface area contributed by atoms with Gasteiger partial charge in [0.2, 0.25) is 0 Å². The molecule has 0 bridgehead atoms. The lowest BCUT2D eigenvalue weighted by Gasteiger charge is -2.37. The number of hydrogen-bond acceptors (Lipinski definition) is 4. The molecular formula is C15H20N2O3. The first kappa shape index (κ1) is 14.5. The van der Waals surface area contributed by atoms with Gasteiger partial charge in [-0.3, -0.25) is 14.9 Å². The van der Waals surface area contributed by atoms with Crippen molar-refractivity contribution in [3.8, 4) is 0 Å². The maximum Gasteiger partial charge on any atom is 0.280 e. The third kappa shape index (κ3) is 2.81. The van der Waals surface area contributed by atoms with E-state index in [9.17, 15) is 14.9 Å². The van der Waals surface area contributed by atoms with Gasteiger partial charge in [-0.05, 0) is 30.9 Å². The number of carbonyl (C=O) groups excluding carboxylic acids is 1. The molecule has 5 nitrogen and oxygen atoms in total. The highest BCUT2D eigenvalue weighted by molar-refractivity contribution is 5.83. The highest BCUT2D eigenvalue weighted by atomic mass is 16.6. The zero-order valence-corrected chi connectivity index (χ0v) is 11.9. The molecule has 0 saturated heterocycles. The Hall–Kier alpha value is -1.91. The molecule has 1 fully saturated rings. The molecule has 2 unspecified atom stereocenters. The Morgan fingerprint density at radius 3 is 2.65 bits per heavy atom. The van der Waals surface area contributed by atoms with Crippen molar-refractivity contribution in [3.63, 3.8) is 0 Å². The lowest BCUT2D eigenvalue weighted by molar-refractivity contribution is -0.385. The molecule has 5 heteroatoms. The van der Waals surface area contributed by atoms with Gasteiger partial charge in [0.1, 0.15) is 0 Å². The summed E-state index contributed by atoms with van der Waals surface area (Å²) in [5.41, 5.74) is 0.883. The quantitative estimate of drug-likeness (QED) is 0.480. The van der Waals surface area contributed by atoms with Gasteiger partial charge in [-0.25, -0.2) is 0 Å². The highest BCUT2D eigenvalue weighted by Gasteiger charge is 2.26. The van der Waals surface area contributed by atoms with Crippen LogP contribution in [0, 0.1) is 16.0 Å². The van der Waals surface area contributed by atoms with E-state index in [4.69, 9.17) is 0 Å². The van der Waals surface area contributed by atoms with Crippen molar-refractivity contribution >= 4 is 17.7 Å². The molecule has 0 heterocycles. The van der Waals surface area contributed by atoms with Crippen molar-refractivity contribution in [2.24, 2.45) is 5.92 Å². The predicted molar refractivity (Wildman–Crippen MR) is 78.3 cm³/mol. The van der Waals surface area contributed by atoms with E-state index in [1.807, 2.05) is 7.05 Å². The molecule has 20 heavy (non-hydrogen) atoms. The third-order valence-corrected chi connectivity index (χ3v) is 4.31. The topological polar surface area (TPSA) is 63.4 Å². The van der Waals surface area contributed by atoms with Gasteiger partial charge in [0.05, 0.1) is 10.5 Å². The van der Waals surface area contributed by atoms with Crippen LogP contribution in [0.2, 0.25) is 0 Å². The third-order valence-electron chi connectivity index (χ3n) is 4.31. The maximum atomic E-state index is 11.0. The summed E-state index contributed by atoms with van der Waals surface area (Å²) >= 11 is 0. The molecule has 2 atom stereocenters. The molecule has 0 aromatic heterocycles. The summed E-state index contributed by atoms with van der Waals surface area (Å²) in [7, 11) is 2.00. The van der Waals surface area contributed by atoms with Crippen LogP contribution < -0.4 is 4.90 Å². The second-order valence-electron chi connectivity index (χ2n) is 5.56. The van der Waals surface area contributed by atoms with Crippen molar-refractivity contribution in [3.05, 3.63) is 33.9 Å². The number of benzene rings is 1. The first-order valence-electron chi connectivity index (χ1n) is 7.01. The minimum Gasteiger partial charge on any atom is -0.371 e. The number of nitro benzene ring substituents is 1. The van der Waals surface area contributed by atoms with Crippen LogP contribution in [0.3, 0.4) is 0 Å². The van der Waals surface area contributed by atoms with Crippen LogP contribution in [0.5, 0.6) is 0 Å². The zero-order chi connectivity index (χ0) is 14.7. The van der Waals surface area contributed by atoms with Crippen molar-refractivity contribution in [2.45, 2.75) is 38.6 Å². The number of nitro groups is 1. The molecule has 0 N–H and O–H groups in total. The number of carbonyl (C=O) groups is 1. The first-order valence-corrected chi connectivity index (χ1v) is 7.01. The summed E-state index contributed by atoms with van der Waals surface area (Å²) < 4.78 is 0. The molecule has 1 aromatic carbocycles. The van der Waals surface area contributed by atoms with E-state index in [1.165, 1.54) is 25.3 Å². The fourth-order valence-corrected chi connectivity index (χ4v) is 3.09. The SMILES string of the molecule is CC1CCCCC1N(C)c1ccc([N+](=O)[O-])c(C=O)c1. The zero-order valence-electron chi connectivity index (χ0n) is 11.9. The standard InChI is InChI=1S/C15H20N2O3/c1-11-5-3-4-6-14(11)16(2)13-7-8-15(17(19)20)12(9-13)10-18/h7-11,14H,3-6H2,1-2H3. The molecule has 0 radical (unpaired) electrons. The molecule has 108 valence electrons. The second kappa shape index (κ2) is 6.03. The fourth-order valence-electron chi connectivity index (χ4n) is 3.09. The fraction of sp³-hybridized carbons (Fsp3) is 0.533. The number of hydrogen-bond donors (Lipinski definition) is 0. The summed E-state index contributed by atoms with van der Waals surface area (Å²) in [4.78, 5) is 23.5. The molecule has 0 spiro atoms. The highest BCUT2D eigenvalue weighted by Crippen LogP contribution is 2.32. The number of rotatable bonds is 4. The Bertz CT molecular complexity index is 516. The van der Waals surface area contributed by atoms with Crippen LogP contribution >= 0.6 is 0 Å². The van der Waals surface area contributed by atoms with Gasteiger partial charge in [0, 0.05) is 24.8 Å². The molecule has 1 aliphatic carbocycles. The monoisotopic (exact) mass is 276 g/mol. The summed E-state index contributed by atoms with van der Waals surface area (Å²) in [6.07, 6.45) is 5.38. The smallest absolute Gasteiger partial charge is 0.280 e. The Morgan fingerprint density at radius 2 is 2.05 bits per heavy atom. The van der Waals surface area contributed by atoms with Gasteiger partial charge in [-0.15, -0.1) is 0 Å². The van der Waals surface area contributed by atoms with Gasteiger partial charge < -0.3 is 4.90 Å². The summed E-state index contributed by atoms with van der Waals surface area (Å²) in [5, 5.41) is 10.8. The van der Waals surface area contributed by atoms with E-state index in [0.29, 0.717) is 18.2 Å². The van der Waals surface area contributed by atoms with E-state index in [1.54, 1.807) is 12.1 Å². The lowest BCUT2D eigenvalue weighted by Crippen LogP contribution is -2.39. The number of anilines is 1. The van der Waals surface area contributed by atoms with Crippen molar-refractivity contribution in [2.75, 3.05) is 11.9 Å². The average Bonchev–Trinajstić information content (AvgIpc) is 2.46. The largest absolute Gasteiger partial charge is 0.371 e. The summed E-state index contributed by atoms with van der Waals surface area (Å²) in [6.45, 7) is 2.24. The van der Waals surface area contributed by atoms with Crippen molar-refractivity contribution in [1.29, 1.82) is 0 Å². The normalized spacial score (nSPS) is 22.3. The maximum absolute atomic E-state index is 11.0.